The highest BCUT2D eigenvalue weighted by atomic mass is 32.2. The lowest BCUT2D eigenvalue weighted by atomic mass is 9.94. The molecule has 10 heteroatoms. The number of nitrogens with one attached hydrogen (secondary N) is 1. The van der Waals surface area contributed by atoms with Crippen molar-refractivity contribution >= 4 is 27.4 Å². The Labute approximate surface area is 192 Å². The van der Waals surface area contributed by atoms with Crippen LogP contribution < -0.4 is 9.62 Å². The first kappa shape index (κ1) is 23.4. The molecule has 178 valence electrons. The molecule has 2 N–H and O–H groups in total. The van der Waals surface area contributed by atoms with Crippen LogP contribution in [0.2, 0.25) is 0 Å². The number of hydrogen-bond acceptors (Lipinski definition) is 5. The molecule has 2 aliphatic rings. The highest BCUT2D eigenvalue weighted by Crippen LogP contribution is 2.29. The summed E-state index contributed by atoms with van der Waals surface area (Å²) in [6.07, 6.45) is 6.22. The van der Waals surface area contributed by atoms with Gasteiger partial charge < -0.3 is 10.0 Å². The van der Waals surface area contributed by atoms with Crippen LogP contribution in [0.25, 0.3) is 0 Å². The van der Waals surface area contributed by atoms with E-state index >= 15 is 0 Å². The molecule has 2 aromatic carbocycles. The van der Waals surface area contributed by atoms with E-state index in [1.165, 1.54) is 44.2 Å². The van der Waals surface area contributed by atoms with E-state index in [2.05, 4.69) is 9.62 Å². The van der Waals surface area contributed by atoms with E-state index < -0.39 is 32.5 Å². The fourth-order valence-corrected chi connectivity index (χ4v) is 5.85. The van der Waals surface area contributed by atoms with E-state index in [1.54, 1.807) is 6.07 Å². The van der Waals surface area contributed by atoms with Crippen molar-refractivity contribution in [3.8, 4) is 0 Å². The van der Waals surface area contributed by atoms with Crippen LogP contribution in [0.3, 0.4) is 0 Å². The van der Waals surface area contributed by atoms with E-state index in [0.29, 0.717) is 30.9 Å². The maximum Gasteiger partial charge on any atom is 0.337 e. The number of nitrogens with zero attached hydrogens (tertiary/aromatic N) is 2. The Kier molecular flexibility index (Phi) is 6.85. The van der Waals surface area contributed by atoms with Crippen LogP contribution in [-0.4, -0.2) is 56.6 Å². The van der Waals surface area contributed by atoms with Crippen LogP contribution in [0.1, 0.15) is 42.5 Å². The number of piperazine rings is 1. The summed E-state index contributed by atoms with van der Waals surface area (Å²) in [5, 5.41) is 9.75. The minimum absolute atomic E-state index is 0.0411. The van der Waals surface area contributed by atoms with Gasteiger partial charge in [0.2, 0.25) is 0 Å². The van der Waals surface area contributed by atoms with Crippen molar-refractivity contribution in [2.75, 3.05) is 35.8 Å². The highest BCUT2D eigenvalue weighted by Gasteiger charge is 2.27. The summed E-state index contributed by atoms with van der Waals surface area (Å²) in [7, 11) is -4.44. The first-order valence-electron chi connectivity index (χ1n) is 11.1. The molecule has 7 nitrogen and oxygen atoms in total. The lowest BCUT2D eigenvalue weighted by Crippen LogP contribution is -2.51. The first-order chi connectivity index (χ1) is 15.7. The minimum Gasteiger partial charge on any atom is -0.478 e. The Morgan fingerprint density at radius 1 is 0.970 bits per heavy atom. The molecule has 0 unspecified atom stereocenters. The molecule has 1 aliphatic heterocycles. The fourth-order valence-electron chi connectivity index (χ4n) is 4.71. The van der Waals surface area contributed by atoms with Gasteiger partial charge in [0.1, 0.15) is 16.5 Å². The molecule has 4 rings (SSSR count). The molecule has 0 bridgehead atoms. The maximum atomic E-state index is 14.0. The SMILES string of the molecule is O=C(O)c1cc(NS(=O)(=O)c2cc(F)ccc2F)ccc1N1CCN(C2CCCCC2)CC1. The average molecular weight is 480 g/mol. The molecule has 0 amide bonds. The van der Waals surface area contributed by atoms with Crippen molar-refractivity contribution < 1.29 is 27.1 Å². The van der Waals surface area contributed by atoms with Crippen LogP contribution in [0.4, 0.5) is 20.2 Å². The number of carbonyl (C=O) groups is 1. The monoisotopic (exact) mass is 479 g/mol. The lowest BCUT2D eigenvalue weighted by Gasteiger charge is -2.41. The fraction of sp³-hybridized carbons (Fsp3) is 0.435. The van der Waals surface area contributed by atoms with Gasteiger partial charge in [-0.05, 0) is 49.2 Å². The third-order valence-electron chi connectivity index (χ3n) is 6.41. The van der Waals surface area contributed by atoms with Gasteiger partial charge in [0, 0.05) is 37.9 Å². The summed E-state index contributed by atoms with van der Waals surface area (Å²) >= 11 is 0. The zero-order valence-electron chi connectivity index (χ0n) is 18.1. The molecule has 0 aromatic heterocycles. The van der Waals surface area contributed by atoms with Crippen LogP contribution >= 0.6 is 0 Å². The molecule has 33 heavy (non-hydrogen) atoms. The summed E-state index contributed by atoms with van der Waals surface area (Å²) < 4.78 is 54.7. The lowest BCUT2D eigenvalue weighted by molar-refractivity contribution is 0.0697. The summed E-state index contributed by atoms with van der Waals surface area (Å²) in [5.41, 5.74) is 0.410. The first-order valence-corrected chi connectivity index (χ1v) is 12.6. The Morgan fingerprint density at radius 3 is 2.33 bits per heavy atom. The second kappa shape index (κ2) is 9.64. The van der Waals surface area contributed by atoms with E-state index in [9.17, 15) is 27.1 Å². The van der Waals surface area contributed by atoms with Crippen molar-refractivity contribution in [3.63, 3.8) is 0 Å². The number of carboxylic acid groups (broad SMARTS) is 1. The van der Waals surface area contributed by atoms with Gasteiger partial charge >= 0.3 is 5.97 Å². The third-order valence-corrected chi connectivity index (χ3v) is 7.80. The van der Waals surface area contributed by atoms with Crippen LogP contribution in [0.15, 0.2) is 41.3 Å². The van der Waals surface area contributed by atoms with Gasteiger partial charge in [0.15, 0.2) is 0 Å². The zero-order valence-corrected chi connectivity index (χ0v) is 19.0. The summed E-state index contributed by atoms with van der Waals surface area (Å²) in [4.78, 5) is 15.6. The molecule has 0 radical (unpaired) electrons. The number of aromatic carboxylic acids is 1. The number of sulfonamides is 1. The Balaban J connectivity index is 1.51. The molecule has 2 fully saturated rings. The second-order valence-electron chi connectivity index (χ2n) is 8.53. The molecule has 1 aliphatic carbocycles. The van der Waals surface area contributed by atoms with Crippen LogP contribution in [0.5, 0.6) is 0 Å². The Morgan fingerprint density at radius 2 is 1.67 bits per heavy atom. The topological polar surface area (TPSA) is 89.9 Å². The predicted molar refractivity (Wildman–Crippen MR) is 121 cm³/mol. The van der Waals surface area contributed by atoms with E-state index in [4.69, 9.17) is 0 Å². The number of halogens is 2. The summed E-state index contributed by atoms with van der Waals surface area (Å²) in [6, 6.07) is 6.92. The van der Waals surface area contributed by atoms with Crippen molar-refractivity contribution in [3.05, 3.63) is 53.6 Å². The second-order valence-corrected chi connectivity index (χ2v) is 10.2. The molecule has 1 saturated carbocycles. The number of benzene rings is 2. The van der Waals surface area contributed by atoms with Gasteiger partial charge in [-0.25, -0.2) is 22.0 Å². The van der Waals surface area contributed by atoms with Crippen molar-refractivity contribution in [2.24, 2.45) is 0 Å². The normalized spacial score (nSPS) is 18.3. The highest BCUT2D eigenvalue weighted by molar-refractivity contribution is 7.92. The number of hydrogen-bond donors (Lipinski definition) is 2. The third kappa shape index (κ3) is 5.27. The number of carboxylic acids is 1. The average Bonchev–Trinajstić information content (AvgIpc) is 2.81. The number of rotatable bonds is 6. The minimum atomic E-state index is -4.44. The van der Waals surface area contributed by atoms with Gasteiger partial charge in [-0.3, -0.25) is 9.62 Å². The van der Waals surface area contributed by atoms with E-state index in [0.717, 1.165) is 25.2 Å². The molecule has 2 aromatic rings. The molecule has 1 heterocycles. The summed E-state index contributed by atoms with van der Waals surface area (Å²) in [6.45, 7) is 3.04. The molecule has 1 saturated heterocycles. The zero-order chi connectivity index (χ0) is 23.6. The largest absolute Gasteiger partial charge is 0.478 e. The number of anilines is 2. The quantitative estimate of drug-likeness (QED) is 0.653. The Bertz CT molecular complexity index is 1130. The van der Waals surface area contributed by atoms with Crippen molar-refractivity contribution in [1.29, 1.82) is 0 Å². The van der Waals surface area contributed by atoms with Crippen LogP contribution in [0, 0.1) is 11.6 Å². The molecular weight excluding hydrogens is 452 g/mol. The van der Waals surface area contributed by atoms with Gasteiger partial charge in [-0.2, -0.15) is 0 Å². The summed E-state index contributed by atoms with van der Waals surface area (Å²) in [5.74, 6) is -3.20. The van der Waals surface area contributed by atoms with Gasteiger partial charge in [0.25, 0.3) is 10.0 Å². The predicted octanol–water partition coefficient (Wildman–Crippen LogP) is 3.92. The van der Waals surface area contributed by atoms with Gasteiger partial charge in [0.05, 0.1) is 11.3 Å². The Hall–Kier alpha value is -2.72. The molecule has 0 spiro atoms. The van der Waals surface area contributed by atoms with E-state index in [1.807, 2.05) is 4.90 Å². The van der Waals surface area contributed by atoms with Gasteiger partial charge in [-0.1, -0.05) is 19.3 Å². The van der Waals surface area contributed by atoms with E-state index in [-0.39, 0.29) is 11.3 Å². The molecule has 0 atom stereocenters. The standard InChI is InChI=1S/C23H27F2N3O4S/c24-16-6-8-20(25)22(14-16)33(31,32)26-17-7-9-21(19(15-17)23(29)30)28-12-10-27(11-13-28)18-4-2-1-3-5-18/h6-9,14-15,18,26H,1-5,10-13H2,(H,29,30). The van der Waals surface area contributed by atoms with Crippen molar-refractivity contribution in [2.45, 2.75) is 43.0 Å². The van der Waals surface area contributed by atoms with Gasteiger partial charge in [-0.15, -0.1) is 0 Å². The maximum absolute atomic E-state index is 14.0. The van der Waals surface area contributed by atoms with Crippen LogP contribution in [-0.2, 0) is 10.0 Å². The smallest absolute Gasteiger partial charge is 0.337 e. The van der Waals surface area contributed by atoms with Crippen molar-refractivity contribution in [1.82, 2.24) is 4.90 Å². The molecular formula is C23H27F2N3O4S.